The van der Waals surface area contributed by atoms with Gasteiger partial charge >= 0.3 is 0 Å². The van der Waals surface area contributed by atoms with E-state index in [1.54, 1.807) is 25.3 Å². The standard InChI is InChI=1S/C13H12ClFN2OS/c1-8-7-16-11(17-13(8)14)6-9-4-3-5-10(12(9)15)19(2)18/h3-5,7H,6H2,1-2H3. The van der Waals surface area contributed by atoms with E-state index >= 15 is 0 Å². The SMILES string of the molecule is Cc1cnc(Cc2cccc(S(C)=O)c2F)nc1Cl. The molecule has 6 heteroatoms. The van der Waals surface area contributed by atoms with E-state index in [0.717, 1.165) is 5.56 Å². The lowest BCUT2D eigenvalue weighted by Crippen LogP contribution is -2.02. The maximum absolute atomic E-state index is 14.1. The Morgan fingerprint density at radius 2 is 2.16 bits per heavy atom. The fraction of sp³-hybridized carbons (Fsp3) is 0.231. The predicted octanol–water partition coefficient (Wildman–Crippen LogP) is 2.91. The van der Waals surface area contributed by atoms with Gasteiger partial charge in [-0.15, -0.1) is 0 Å². The highest BCUT2D eigenvalue weighted by Crippen LogP contribution is 2.19. The highest BCUT2D eigenvalue weighted by Gasteiger charge is 2.12. The molecule has 0 amide bonds. The summed E-state index contributed by atoms with van der Waals surface area (Å²) in [5.74, 6) is -0.0304. The summed E-state index contributed by atoms with van der Waals surface area (Å²) in [5.41, 5.74) is 1.18. The van der Waals surface area contributed by atoms with Crippen LogP contribution in [0.25, 0.3) is 0 Å². The van der Waals surface area contributed by atoms with Crippen LogP contribution in [0, 0.1) is 12.7 Å². The zero-order chi connectivity index (χ0) is 14.0. The van der Waals surface area contributed by atoms with Gasteiger partial charge in [0.1, 0.15) is 16.8 Å². The normalized spacial score (nSPS) is 12.4. The number of rotatable bonds is 3. The molecule has 0 bridgehead atoms. The van der Waals surface area contributed by atoms with E-state index in [1.165, 1.54) is 12.3 Å². The van der Waals surface area contributed by atoms with Crippen molar-refractivity contribution in [3.63, 3.8) is 0 Å². The van der Waals surface area contributed by atoms with Crippen LogP contribution in [0.5, 0.6) is 0 Å². The van der Waals surface area contributed by atoms with Crippen molar-refractivity contribution in [1.29, 1.82) is 0 Å². The highest BCUT2D eigenvalue weighted by molar-refractivity contribution is 7.84. The minimum Gasteiger partial charge on any atom is -0.255 e. The summed E-state index contributed by atoms with van der Waals surface area (Å²) in [7, 11) is -1.36. The van der Waals surface area contributed by atoms with Crippen molar-refractivity contribution < 1.29 is 8.60 Å². The Balaban J connectivity index is 2.35. The van der Waals surface area contributed by atoms with Crippen LogP contribution in [0.2, 0.25) is 5.15 Å². The van der Waals surface area contributed by atoms with E-state index in [0.29, 0.717) is 16.5 Å². The first-order valence-corrected chi connectivity index (χ1v) is 7.51. The molecule has 1 aromatic carbocycles. The summed E-state index contributed by atoms with van der Waals surface area (Å²) in [6, 6.07) is 4.81. The molecule has 0 aliphatic heterocycles. The lowest BCUT2D eigenvalue weighted by molar-refractivity contribution is 0.581. The molecule has 19 heavy (non-hydrogen) atoms. The van der Waals surface area contributed by atoms with Gasteiger partial charge in [-0.2, -0.15) is 0 Å². The number of aryl methyl sites for hydroxylation is 1. The maximum Gasteiger partial charge on any atom is 0.142 e. The van der Waals surface area contributed by atoms with Gasteiger partial charge in [-0.3, -0.25) is 4.21 Å². The molecule has 0 saturated carbocycles. The highest BCUT2D eigenvalue weighted by atomic mass is 35.5. The summed E-state index contributed by atoms with van der Waals surface area (Å²) in [6.45, 7) is 1.80. The number of hydrogen-bond donors (Lipinski definition) is 0. The number of benzene rings is 1. The fourth-order valence-electron chi connectivity index (χ4n) is 1.63. The van der Waals surface area contributed by atoms with Crippen molar-refractivity contribution in [3.05, 3.63) is 52.3 Å². The van der Waals surface area contributed by atoms with E-state index in [4.69, 9.17) is 11.6 Å². The van der Waals surface area contributed by atoms with Gasteiger partial charge in [0.05, 0.1) is 15.7 Å². The molecule has 1 atom stereocenters. The van der Waals surface area contributed by atoms with Crippen LogP contribution >= 0.6 is 11.6 Å². The molecule has 100 valence electrons. The first-order valence-electron chi connectivity index (χ1n) is 5.58. The van der Waals surface area contributed by atoms with Gasteiger partial charge in [0, 0.05) is 24.4 Å². The molecule has 3 nitrogen and oxygen atoms in total. The molecule has 1 heterocycles. The maximum atomic E-state index is 14.1. The van der Waals surface area contributed by atoms with Gasteiger partial charge in [-0.25, -0.2) is 14.4 Å². The first-order chi connectivity index (χ1) is 8.99. The molecule has 0 fully saturated rings. The lowest BCUT2D eigenvalue weighted by Gasteiger charge is -2.06. The molecule has 2 aromatic rings. The Bertz CT molecular complexity index is 649. The van der Waals surface area contributed by atoms with Crippen molar-refractivity contribution in [2.24, 2.45) is 0 Å². The fourth-order valence-corrected chi connectivity index (χ4v) is 2.43. The zero-order valence-corrected chi connectivity index (χ0v) is 12.1. The van der Waals surface area contributed by atoms with Gasteiger partial charge in [0.25, 0.3) is 0 Å². The monoisotopic (exact) mass is 298 g/mol. The Hall–Kier alpha value is -1.33. The van der Waals surface area contributed by atoms with Crippen LogP contribution in [0.3, 0.4) is 0 Å². The van der Waals surface area contributed by atoms with Crippen molar-refractivity contribution >= 4 is 22.4 Å². The molecule has 0 aliphatic rings. The van der Waals surface area contributed by atoms with E-state index in [1.807, 2.05) is 0 Å². The third kappa shape index (κ3) is 3.16. The molecule has 0 saturated heterocycles. The Labute approximate surface area is 118 Å². The molecule has 0 aliphatic carbocycles. The van der Waals surface area contributed by atoms with Crippen LogP contribution in [0.1, 0.15) is 17.0 Å². The Morgan fingerprint density at radius 3 is 2.79 bits per heavy atom. The molecular formula is C13H12ClFN2OS. The molecule has 1 aromatic heterocycles. The van der Waals surface area contributed by atoms with Crippen molar-refractivity contribution in [3.8, 4) is 0 Å². The number of hydrogen-bond acceptors (Lipinski definition) is 3. The third-order valence-corrected chi connectivity index (χ3v) is 3.98. The Morgan fingerprint density at radius 1 is 1.42 bits per heavy atom. The van der Waals surface area contributed by atoms with Crippen LogP contribution in [-0.4, -0.2) is 20.4 Å². The van der Waals surface area contributed by atoms with Crippen LogP contribution in [0.15, 0.2) is 29.3 Å². The third-order valence-electron chi connectivity index (χ3n) is 2.66. The summed E-state index contributed by atoms with van der Waals surface area (Å²) >= 11 is 5.91. The average molecular weight is 299 g/mol. The van der Waals surface area contributed by atoms with Crippen LogP contribution in [0.4, 0.5) is 4.39 Å². The van der Waals surface area contributed by atoms with Gasteiger partial charge in [-0.1, -0.05) is 23.7 Å². The molecule has 1 unspecified atom stereocenters. The number of halogens is 2. The quantitative estimate of drug-likeness (QED) is 0.818. The number of nitrogens with zero attached hydrogens (tertiary/aromatic N) is 2. The summed E-state index contributed by atoms with van der Waals surface area (Å²) in [4.78, 5) is 8.40. The van der Waals surface area contributed by atoms with Gasteiger partial charge in [-0.05, 0) is 18.6 Å². The lowest BCUT2D eigenvalue weighted by atomic mass is 10.1. The second-order valence-electron chi connectivity index (χ2n) is 4.12. The topological polar surface area (TPSA) is 42.9 Å². The van der Waals surface area contributed by atoms with Crippen molar-refractivity contribution in [2.75, 3.05) is 6.26 Å². The van der Waals surface area contributed by atoms with E-state index in [-0.39, 0.29) is 11.3 Å². The summed E-state index contributed by atoms with van der Waals surface area (Å²) in [6.07, 6.45) is 3.27. The largest absolute Gasteiger partial charge is 0.255 e. The minimum absolute atomic E-state index is 0.190. The van der Waals surface area contributed by atoms with E-state index in [9.17, 15) is 8.60 Å². The summed E-state index contributed by atoms with van der Waals surface area (Å²) < 4.78 is 25.5. The Kier molecular flexibility index (Phi) is 4.27. The van der Waals surface area contributed by atoms with Gasteiger partial charge in [0.2, 0.25) is 0 Å². The molecule has 0 N–H and O–H groups in total. The zero-order valence-electron chi connectivity index (χ0n) is 10.5. The van der Waals surface area contributed by atoms with Gasteiger partial charge in [0.15, 0.2) is 0 Å². The van der Waals surface area contributed by atoms with E-state index < -0.39 is 16.6 Å². The predicted molar refractivity (Wildman–Crippen MR) is 73.3 cm³/mol. The summed E-state index contributed by atoms with van der Waals surface area (Å²) in [5, 5.41) is 0.362. The van der Waals surface area contributed by atoms with E-state index in [2.05, 4.69) is 9.97 Å². The molecular weight excluding hydrogens is 287 g/mol. The first kappa shape index (κ1) is 14.1. The number of aromatic nitrogens is 2. The van der Waals surface area contributed by atoms with Crippen LogP contribution < -0.4 is 0 Å². The smallest absolute Gasteiger partial charge is 0.142 e. The molecule has 0 spiro atoms. The van der Waals surface area contributed by atoms with Crippen molar-refractivity contribution in [2.45, 2.75) is 18.2 Å². The molecule has 2 rings (SSSR count). The molecule has 0 radical (unpaired) electrons. The van der Waals surface area contributed by atoms with Gasteiger partial charge < -0.3 is 0 Å². The average Bonchev–Trinajstić information content (AvgIpc) is 2.36. The van der Waals surface area contributed by atoms with Crippen molar-refractivity contribution in [1.82, 2.24) is 9.97 Å². The second kappa shape index (κ2) is 5.75. The van der Waals surface area contributed by atoms with Crippen LogP contribution in [-0.2, 0) is 17.2 Å². The minimum atomic E-state index is -1.36. The second-order valence-corrected chi connectivity index (χ2v) is 5.83.